The number of hydrogen-bond acceptors (Lipinski definition) is 3. The van der Waals surface area contributed by atoms with Crippen molar-refractivity contribution in [1.82, 2.24) is 14.5 Å². The van der Waals surface area contributed by atoms with Crippen LogP contribution in [-0.4, -0.2) is 55.5 Å². The maximum atomic E-state index is 13.0. The van der Waals surface area contributed by atoms with Crippen LogP contribution in [0.2, 0.25) is 0 Å². The van der Waals surface area contributed by atoms with Crippen molar-refractivity contribution in [2.75, 3.05) is 32.7 Å². The second kappa shape index (κ2) is 9.03. The highest BCUT2D eigenvalue weighted by molar-refractivity contribution is 7.89. The Labute approximate surface area is 173 Å². The summed E-state index contributed by atoms with van der Waals surface area (Å²) in [5.41, 5.74) is 3.12. The fourth-order valence-corrected chi connectivity index (χ4v) is 5.34. The molecule has 0 bridgehead atoms. The van der Waals surface area contributed by atoms with E-state index < -0.39 is 10.0 Å². The number of aryl methyl sites for hydroxylation is 2. The van der Waals surface area contributed by atoms with Gasteiger partial charge in [0.25, 0.3) is 0 Å². The molecule has 1 heterocycles. The number of benzene rings is 2. The van der Waals surface area contributed by atoms with Gasteiger partial charge < -0.3 is 10.2 Å². The van der Waals surface area contributed by atoms with Crippen LogP contribution in [0.15, 0.2) is 53.4 Å². The van der Waals surface area contributed by atoms with Crippen LogP contribution in [0.1, 0.15) is 16.7 Å². The Hall–Kier alpha value is -1.96. The van der Waals surface area contributed by atoms with Crippen LogP contribution in [-0.2, 0) is 16.4 Å². The summed E-state index contributed by atoms with van der Waals surface area (Å²) in [6, 6.07) is 15.7. The number of hydrogen-bond donors (Lipinski definition) is 1. The summed E-state index contributed by atoms with van der Waals surface area (Å²) >= 11 is 5.50. The van der Waals surface area contributed by atoms with Crippen LogP contribution < -0.4 is 5.32 Å². The Bertz CT molecular complexity index is 922. The van der Waals surface area contributed by atoms with E-state index in [1.165, 1.54) is 5.56 Å². The lowest BCUT2D eigenvalue weighted by Crippen LogP contribution is -2.53. The van der Waals surface area contributed by atoms with E-state index in [0.717, 1.165) is 24.1 Å². The highest BCUT2D eigenvalue weighted by Crippen LogP contribution is 2.22. The molecule has 150 valence electrons. The summed E-state index contributed by atoms with van der Waals surface area (Å²) in [4.78, 5) is 2.45. The number of sulfonamides is 1. The van der Waals surface area contributed by atoms with Crippen LogP contribution >= 0.6 is 12.2 Å². The van der Waals surface area contributed by atoms with E-state index >= 15 is 0 Å². The molecule has 0 saturated carbocycles. The molecule has 1 aliphatic heterocycles. The first-order chi connectivity index (χ1) is 13.4. The minimum atomic E-state index is -3.47. The van der Waals surface area contributed by atoms with E-state index in [1.54, 1.807) is 10.4 Å². The zero-order valence-electron chi connectivity index (χ0n) is 16.4. The van der Waals surface area contributed by atoms with Crippen molar-refractivity contribution in [3.8, 4) is 0 Å². The summed E-state index contributed by atoms with van der Waals surface area (Å²) in [7, 11) is -3.47. The van der Waals surface area contributed by atoms with Gasteiger partial charge in [0.15, 0.2) is 5.11 Å². The Kier molecular flexibility index (Phi) is 6.69. The summed E-state index contributed by atoms with van der Waals surface area (Å²) in [6.07, 6.45) is 0.905. The van der Waals surface area contributed by atoms with Gasteiger partial charge in [-0.15, -0.1) is 0 Å². The van der Waals surface area contributed by atoms with Crippen molar-refractivity contribution in [3.63, 3.8) is 0 Å². The molecule has 1 N–H and O–H groups in total. The standard InChI is InChI=1S/C21H27N3O2S2/c1-17-8-9-20(18(2)16-17)28(25,26)24-14-12-23(13-15-24)21(27)22-11-10-19-6-4-3-5-7-19/h3-9,16H,10-15H2,1-2H3,(H,22,27). The minimum Gasteiger partial charge on any atom is -0.362 e. The quantitative estimate of drug-likeness (QED) is 0.758. The lowest BCUT2D eigenvalue weighted by atomic mass is 10.1. The second-order valence-corrected chi connectivity index (χ2v) is 9.42. The summed E-state index contributed by atoms with van der Waals surface area (Å²) in [5.74, 6) is 0. The molecular formula is C21H27N3O2S2. The zero-order valence-corrected chi connectivity index (χ0v) is 18.0. The number of rotatable bonds is 5. The topological polar surface area (TPSA) is 52.7 Å². The van der Waals surface area contributed by atoms with Gasteiger partial charge in [-0.25, -0.2) is 8.42 Å². The average Bonchev–Trinajstić information content (AvgIpc) is 2.68. The van der Waals surface area contributed by atoms with Crippen molar-refractivity contribution < 1.29 is 8.42 Å². The van der Waals surface area contributed by atoms with Crippen LogP contribution in [0.3, 0.4) is 0 Å². The molecule has 7 heteroatoms. The predicted octanol–water partition coefficient (Wildman–Crippen LogP) is 2.73. The SMILES string of the molecule is Cc1ccc(S(=O)(=O)N2CCN(C(=S)NCCc3ccccc3)CC2)c(C)c1. The van der Waals surface area contributed by atoms with E-state index in [-0.39, 0.29) is 0 Å². The van der Waals surface area contributed by atoms with Gasteiger partial charge in [0.1, 0.15) is 0 Å². The Morgan fingerprint density at radius 3 is 2.36 bits per heavy atom. The van der Waals surface area contributed by atoms with Crippen molar-refractivity contribution in [2.45, 2.75) is 25.2 Å². The van der Waals surface area contributed by atoms with E-state index in [9.17, 15) is 8.42 Å². The van der Waals surface area contributed by atoms with Crippen molar-refractivity contribution in [2.24, 2.45) is 0 Å². The van der Waals surface area contributed by atoms with Gasteiger partial charge in [0.2, 0.25) is 10.0 Å². The lowest BCUT2D eigenvalue weighted by molar-refractivity contribution is 0.264. The van der Waals surface area contributed by atoms with Gasteiger partial charge in [-0.1, -0.05) is 48.0 Å². The normalized spacial score (nSPS) is 15.4. The molecule has 2 aromatic rings. The number of piperazine rings is 1. The Morgan fingerprint density at radius 2 is 1.71 bits per heavy atom. The van der Waals surface area contributed by atoms with Crippen molar-refractivity contribution >= 4 is 27.4 Å². The molecule has 3 rings (SSSR count). The van der Waals surface area contributed by atoms with E-state index in [2.05, 4.69) is 17.4 Å². The number of nitrogens with one attached hydrogen (secondary N) is 1. The van der Waals surface area contributed by atoms with Gasteiger partial charge in [-0.3, -0.25) is 0 Å². The first-order valence-electron chi connectivity index (χ1n) is 9.52. The largest absolute Gasteiger partial charge is 0.362 e. The molecule has 0 aliphatic carbocycles. The molecule has 1 aliphatic rings. The summed E-state index contributed by atoms with van der Waals surface area (Å²) in [5, 5.41) is 3.98. The van der Waals surface area contributed by atoms with Gasteiger partial charge >= 0.3 is 0 Å². The van der Waals surface area contributed by atoms with Crippen LogP contribution in [0.5, 0.6) is 0 Å². The van der Waals surface area contributed by atoms with Gasteiger partial charge in [0, 0.05) is 32.7 Å². The third-order valence-corrected chi connectivity index (χ3v) is 7.47. The minimum absolute atomic E-state index is 0.398. The third-order valence-electron chi connectivity index (χ3n) is 5.01. The Balaban J connectivity index is 1.52. The monoisotopic (exact) mass is 417 g/mol. The van der Waals surface area contributed by atoms with Crippen molar-refractivity contribution in [1.29, 1.82) is 0 Å². The highest BCUT2D eigenvalue weighted by atomic mass is 32.2. The molecule has 0 spiro atoms. The summed E-state index contributed by atoms with van der Waals surface area (Å²) < 4.78 is 27.5. The predicted molar refractivity (Wildman–Crippen MR) is 117 cm³/mol. The highest BCUT2D eigenvalue weighted by Gasteiger charge is 2.30. The zero-order chi connectivity index (χ0) is 20.1. The smallest absolute Gasteiger partial charge is 0.243 e. The van der Waals surface area contributed by atoms with Crippen LogP contribution in [0.25, 0.3) is 0 Å². The number of nitrogens with zero attached hydrogens (tertiary/aromatic N) is 2. The van der Waals surface area contributed by atoms with Crippen LogP contribution in [0, 0.1) is 13.8 Å². The fraction of sp³-hybridized carbons (Fsp3) is 0.381. The van der Waals surface area contributed by atoms with Gasteiger partial charge in [-0.2, -0.15) is 4.31 Å². The molecule has 28 heavy (non-hydrogen) atoms. The maximum absolute atomic E-state index is 13.0. The number of thiocarbonyl (C=S) groups is 1. The molecule has 0 amide bonds. The molecule has 1 saturated heterocycles. The Morgan fingerprint density at radius 1 is 1.04 bits per heavy atom. The average molecular weight is 418 g/mol. The molecule has 1 fully saturated rings. The fourth-order valence-electron chi connectivity index (χ4n) is 3.43. The van der Waals surface area contributed by atoms with E-state index in [1.807, 2.05) is 49.1 Å². The van der Waals surface area contributed by atoms with Gasteiger partial charge in [0.05, 0.1) is 4.90 Å². The molecule has 2 aromatic carbocycles. The maximum Gasteiger partial charge on any atom is 0.243 e. The second-order valence-electron chi connectivity index (χ2n) is 7.13. The first-order valence-corrected chi connectivity index (χ1v) is 11.4. The lowest BCUT2D eigenvalue weighted by Gasteiger charge is -2.35. The molecule has 0 radical (unpaired) electrons. The molecule has 0 atom stereocenters. The van der Waals surface area contributed by atoms with Crippen LogP contribution in [0.4, 0.5) is 0 Å². The molecule has 0 unspecified atom stereocenters. The molecular weight excluding hydrogens is 390 g/mol. The molecule has 0 aromatic heterocycles. The summed E-state index contributed by atoms with van der Waals surface area (Å²) in [6.45, 7) is 6.66. The third kappa shape index (κ3) is 4.90. The molecule has 5 nitrogen and oxygen atoms in total. The van der Waals surface area contributed by atoms with E-state index in [4.69, 9.17) is 12.2 Å². The van der Waals surface area contributed by atoms with Crippen molar-refractivity contribution in [3.05, 3.63) is 65.2 Å². The first kappa shape index (κ1) is 20.8. The van der Waals surface area contributed by atoms with E-state index in [0.29, 0.717) is 36.2 Å². The van der Waals surface area contributed by atoms with Gasteiger partial charge in [-0.05, 0) is 49.7 Å².